The summed E-state index contributed by atoms with van der Waals surface area (Å²) in [7, 11) is 1.53. The molecule has 0 fully saturated rings. The van der Waals surface area contributed by atoms with Crippen molar-refractivity contribution in [3.8, 4) is 23.1 Å². The largest absolute Gasteiger partial charge is 0.496 e. The maximum Gasteiger partial charge on any atom is 0.311 e. The molecule has 190 valence electrons. The van der Waals surface area contributed by atoms with Gasteiger partial charge in [-0.05, 0) is 36.4 Å². The zero-order valence-electron chi connectivity index (χ0n) is 19.9. The Labute approximate surface area is 213 Å². The summed E-state index contributed by atoms with van der Waals surface area (Å²) >= 11 is 0. The first-order chi connectivity index (χ1) is 18.4. The van der Waals surface area contributed by atoms with E-state index in [0.717, 1.165) is 4.68 Å². The van der Waals surface area contributed by atoms with Crippen molar-refractivity contribution in [1.82, 2.24) is 9.66 Å². The number of carbonyl (C=O) groups excluding carboxylic acids is 1. The highest BCUT2D eigenvalue weighted by Gasteiger charge is 2.21. The number of hydrogen-bond acceptors (Lipinski definition) is 9. The van der Waals surface area contributed by atoms with Gasteiger partial charge < -0.3 is 19.6 Å². The van der Waals surface area contributed by atoms with Crippen LogP contribution in [0.15, 0.2) is 81.0 Å². The van der Waals surface area contributed by atoms with E-state index in [1.54, 1.807) is 48.5 Å². The monoisotopic (exact) mass is 513 g/mol. The number of para-hydroxylation sites is 2. The molecule has 0 aliphatic heterocycles. The van der Waals surface area contributed by atoms with E-state index in [9.17, 15) is 19.7 Å². The highest BCUT2D eigenvalue weighted by atomic mass is 16.6. The molecule has 2 aromatic heterocycles. The predicted octanol–water partition coefficient (Wildman–Crippen LogP) is 3.47. The summed E-state index contributed by atoms with van der Waals surface area (Å²) in [6.45, 7) is -0.588. The third-order valence-electron chi connectivity index (χ3n) is 5.61. The van der Waals surface area contributed by atoms with E-state index in [-0.39, 0.29) is 22.9 Å². The van der Waals surface area contributed by atoms with Crippen LogP contribution < -0.4 is 20.8 Å². The summed E-state index contributed by atoms with van der Waals surface area (Å²) in [4.78, 5) is 40.3. The minimum atomic E-state index is -0.816. The van der Waals surface area contributed by atoms with Crippen molar-refractivity contribution >= 4 is 39.7 Å². The molecule has 1 amide bonds. The molecule has 0 radical (unpaired) electrons. The Bertz CT molecular complexity index is 1810. The Kier molecular flexibility index (Phi) is 6.27. The second kappa shape index (κ2) is 9.85. The lowest BCUT2D eigenvalue weighted by atomic mass is 10.2. The van der Waals surface area contributed by atoms with E-state index < -0.39 is 28.7 Å². The minimum Gasteiger partial charge on any atom is -0.496 e. The number of rotatable bonds is 8. The molecule has 0 bridgehead atoms. The number of methoxy groups -OCH3 is 1. The SMILES string of the molecule is COc1cccc2oc(-c3nc4ccccc4c(=O)n3N=Cc3cccc([N+](=O)[O-])c3OCC(N)=O)cc12. The van der Waals surface area contributed by atoms with Crippen molar-refractivity contribution in [2.75, 3.05) is 13.7 Å². The molecule has 0 aliphatic carbocycles. The summed E-state index contributed by atoms with van der Waals surface area (Å²) in [5, 5.41) is 16.8. The van der Waals surface area contributed by atoms with Crippen molar-refractivity contribution in [3.05, 3.63) is 92.8 Å². The van der Waals surface area contributed by atoms with Crippen LogP contribution in [-0.2, 0) is 4.79 Å². The van der Waals surface area contributed by atoms with Crippen LogP contribution in [0.2, 0.25) is 0 Å². The molecule has 0 atom stereocenters. The Hall–Kier alpha value is -5.52. The summed E-state index contributed by atoms with van der Waals surface area (Å²) in [5.41, 5.74) is 5.32. The highest BCUT2D eigenvalue weighted by molar-refractivity contribution is 5.89. The molecule has 0 spiro atoms. The van der Waals surface area contributed by atoms with Crippen LogP contribution in [0, 0.1) is 10.1 Å². The molecule has 0 unspecified atom stereocenters. The van der Waals surface area contributed by atoms with E-state index in [4.69, 9.17) is 19.6 Å². The Morgan fingerprint density at radius 3 is 2.71 bits per heavy atom. The summed E-state index contributed by atoms with van der Waals surface area (Å²) < 4.78 is 17.7. The molecule has 3 aromatic carbocycles. The van der Waals surface area contributed by atoms with E-state index in [1.165, 1.54) is 31.5 Å². The van der Waals surface area contributed by atoms with Gasteiger partial charge in [0.25, 0.3) is 11.5 Å². The number of nitro benzene ring substituents is 1. The van der Waals surface area contributed by atoms with Gasteiger partial charge in [0, 0.05) is 11.6 Å². The molecule has 38 heavy (non-hydrogen) atoms. The predicted molar refractivity (Wildman–Crippen MR) is 139 cm³/mol. The van der Waals surface area contributed by atoms with Gasteiger partial charge in [-0.25, -0.2) is 4.98 Å². The number of amides is 1. The van der Waals surface area contributed by atoms with Gasteiger partial charge in [-0.3, -0.25) is 19.7 Å². The Morgan fingerprint density at radius 1 is 1.16 bits per heavy atom. The number of aromatic nitrogens is 2. The van der Waals surface area contributed by atoms with Crippen LogP contribution in [0.25, 0.3) is 33.5 Å². The first-order valence-corrected chi connectivity index (χ1v) is 11.2. The number of fused-ring (bicyclic) bond motifs is 2. The van der Waals surface area contributed by atoms with E-state index in [0.29, 0.717) is 27.6 Å². The van der Waals surface area contributed by atoms with Gasteiger partial charge in [-0.2, -0.15) is 9.78 Å². The van der Waals surface area contributed by atoms with Crippen molar-refractivity contribution in [2.45, 2.75) is 0 Å². The highest BCUT2D eigenvalue weighted by Crippen LogP contribution is 2.33. The van der Waals surface area contributed by atoms with Gasteiger partial charge in [0.05, 0.1) is 34.5 Å². The van der Waals surface area contributed by atoms with Crippen molar-refractivity contribution < 1.29 is 23.6 Å². The quantitative estimate of drug-likeness (QED) is 0.187. The summed E-state index contributed by atoms with van der Waals surface area (Å²) in [6.07, 6.45) is 1.20. The van der Waals surface area contributed by atoms with Gasteiger partial charge in [-0.1, -0.05) is 24.3 Å². The molecule has 12 nitrogen and oxygen atoms in total. The van der Waals surface area contributed by atoms with Gasteiger partial charge in [0.15, 0.2) is 12.4 Å². The molecule has 12 heteroatoms. The lowest BCUT2D eigenvalue weighted by Crippen LogP contribution is -2.21. The van der Waals surface area contributed by atoms with Crippen LogP contribution in [0.5, 0.6) is 11.5 Å². The molecule has 0 saturated heterocycles. The topological polar surface area (TPSA) is 165 Å². The minimum absolute atomic E-state index is 0.0910. The normalized spacial score (nSPS) is 11.3. The van der Waals surface area contributed by atoms with Gasteiger partial charge >= 0.3 is 5.69 Å². The Balaban J connectivity index is 1.71. The second-order valence-corrected chi connectivity index (χ2v) is 8.00. The number of hydrogen-bond donors (Lipinski definition) is 1. The fourth-order valence-corrected chi connectivity index (χ4v) is 3.92. The van der Waals surface area contributed by atoms with E-state index in [1.807, 2.05) is 0 Å². The van der Waals surface area contributed by atoms with Crippen LogP contribution in [-0.4, -0.2) is 40.4 Å². The lowest BCUT2D eigenvalue weighted by molar-refractivity contribution is -0.385. The zero-order valence-corrected chi connectivity index (χ0v) is 19.9. The number of nitro groups is 1. The number of nitrogens with two attached hydrogens (primary N) is 1. The molecule has 0 saturated carbocycles. The lowest BCUT2D eigenvalue weighted by Gasteiger charge is -2.09. The number of benzene rings is 3. The maximum atomic E-state index is 13.5. The van der Waals surface area contributed by atoms with E-state index >= 15 is 0 Å². The summed E-state index contributed by atoms with van der Waals surface area (Å²) in [6, 6.07) is 17.8. The fraction of sp³-hybridized carbons (Fsp3) is 0.0769. The van der Waals surface area contributed by atoms with Crippen LogP contribution in [0.4, 0.5) is 5.69 Å². The van der Waals surface area contributed by atoms with Gasteiger partial charge in [-0.15, -0.1) is 0 Å². The number of nitrogens with zero attached hydrogens (tertiary/aromatic N) is 4. The number of ether oxygens (including phenoxy) is 2. The van der Waals surface area contributed by atoms with Crippen molar-refractivity contribution in [1.29, 1.82) is 0 Å². The average molecular weight is 513 g/mol. The molecule has 5 rings (SSSR count). The van der Waals surface area contributed by atoms with Crippen LogP contribution >= 0.6 is 0 Å². The maximum absolute atomic E-state index is 13.5. The standard InChI is InChI=1S/C26H19N5O7/c1-36-20-10-5-11-21-17(20)12-22(38-21)25-29-18-8-3-2-7-16(18)26(33)30(25)28-13-15-6-4-9-19(31(34)35)24(15)37-14-23(27)32/h2-13H,14H2,1H3,(H2,27,32). The third kappa shape index (κ3) is 4.41. The molecule has 2 N–H and O–H groups in total. The molecule has 2 heterocycles. The van der Waals surface area contributed by atoms with Crippen LogP contribution in [0.1, 0.15) is 5.56 Å². The molecular weight excluding hydrogens is 494 g/mol. The molecular formula is C26H19N5O7. The van der Waals surface area contributed by atoms with Crippen molar-refractivity contribution in [2.24, 2.45) is 10.8 Å². The summed E-state index contributed by atoms with van der Waals surface area (Å²) in [5.74, 6) is -0.133. The first-order valence-electron chi connectivity index (χ1n) is 11.2. The average Bonchev–Trinajstić information content (AvgIpc) is 3.35. The number of carbonyl (C=O) groups is 1. The number of primary amides is 1. The first kappa shape index (κ1) is 24.2. The Morgan fingerprint density at radius 2 is 1.95 bits per heavy atom. The fourth-order valence-electron chi connectivity index (χ4n) is 3.92. The number of furan rings is 1. The second-order valence-electron chi connectivity index (χ2n) is 8.00. The van der Waals surface area contributed by atoms with E-state index in [2.05, 4.69) is 10.1 Å². The van der Waals surface area contributed by atoms with Crippen LogP contribution in [0.3, 0.4) is 0 Å². The van der Waals surface area contributed by atoms with Crippen molar-refractivity contribution in [3.63, 3.8) is 0 Å². The molecule has 5 aromatic rings. The van der Waals surface area contributed by atoms with Gasteiger partial charge in [0.2, 0.25) is 11.6 Å². The third-order valence-corrected chi connectivity index (χ3v) is 5.61. The van der Waals surface area contributed by atoms with Gasteiger partial charge in [0.1, 0.15) is 11.3 Å². The zero-order chi connectivity index (χ0) is 26.8. The smallest absolute Gasteiger partial charge is 0.311 e. The molecule has 0 aliphatic rings.